The number of rotatable bonds is 4. The first-order chi connectivity index (χ1) is 9.47. The molecule has 0 bridgehead atoms. The Balaban J connectivity index is 2.08. The maximum atomic E-state index is 11.6. The Kier molecular flexibility index (Phi) is 4.40. The summed E-state index contributed by atoms with van der Waals surface area (Å²) < 4.78 is 1.58. The van der Waals surface area contributed by atoms with E-state index >= 15 is 0 Å². The largest absolute Gasteiger partial charge is 0.319 e. The first-order valence-electron chi connectivity index (χ1n) is 6.93. The quantitative estimate of drug-likeness (QED) is 0.927. The normalized spacial score (nSPS) is 12.4. The lowest BCUT2D eigenvalue weighted by Crippen LogP contribution is -2.21. The van der Waals surface area contributed by atoms with E-state index in [4.69, 9.17) is 0 Å². The van der Waals surface area contributed by atoms with E-state index in [1.54, 1.807) is 17.7 Å². The van der Waals surface area contributed by atoms with Crippen LogP contribution in [0.5, 0.6) is 0 Å². The maximum absolute atomic E-state index is 11.6. The zero-order valence-corrected chi connectivity index (χ0v) is 12.6. The van der Waals surface area contributed by atoms with Crippen molar-refractivity contribution in [2.24, 2.45) is 7.05 Å². The second kappa shape index (κ2) is 6.06. The van der Waals surface area contributed by atoms with Gasteiger partial charge in [0.1, 0.15) is 0 Å². The number of nitrogens with one attached hydrogen (secondary N) is 1. The molecular weight excluding hydrogens is 248 g/mol. The van der Waals surface area contributed by atoms with Crippen molar-refractivity contribution in [3.63, 3.8) is 0 Å². The van der Waals surface area contributed by atoms with Crippen LogP contribution in [0.1, 0.15) is 35.2 Å². The fourth-order valence-corrected chi connectivity index (χ4v) is 2.31. The highest BCUT2D eigenvalue weighted by atomic mass is 16.1. The average molecular weight is 270 g/mol. The van der Waals surface area contributed by atoms with E-state index in [1.165, 1.54) is 16.7 Å². The number of aromatic nitrogens is 1. The molecule has 1 unspecified atom stereocenters. The lowest BCUT2D eigenvalue weighted by atomic mass is 10.00. The Hall–Kier alpha value is -1.87. The van der Waals surface area contributed by atoms with Crippen molar-refractivity contribution < 1.29 is 0 Å². The standard InChI is InChI=1S/C17H22N2O/c1-12-5-6-13(2)16(9-12)14(3)18-11-15-7-8-19(4)17(20)10-15/h5-10,14,18H,11H2,1-4H3. The summed E-state index contributed by atoms with van der Waals surface area (Å²) in [5.41, 5.74) is 4.93. The molecule has 2 aromatic rings. The fourth-order valence-electron chi connectivity index (χ4n) is 2.31. The van der Waals surface area contributed by atoms with Gasteiger partial charge in [-0.1, -0.05) is 23.8 Å². The molecule has 1 atom stereocenters. The summed E-state index contributed by atoms with van der Waals surface area (Å²) in [6.07, 6.45) is 1.81. The van der Waals surface area contributed by atoms with E-state index in [1.807, 2.05) is 12.3 Å². The van der Waals surface area contributed by atoms with Crippen molar-refractivity contribution in [1.82, 2.24) is 9.88 Å². The Labute approximate surface area is 120 Å². The lowest BCUT2D eigenvalue weighted by Gasteiger charge is -2.17. The van der Waals surface area contributed by atoms with Crippen molar-refractivity contribution in [1.29, 1.82) is 0 Å². The number of nitrogens with zero attached hydrogens (tertiary/aromatic N) is 1. The van der Waals surface area contributed by atoms with Gasteiger partial charge in [-0.3, -0.25) is 4.79 Å². The van der Waals surface area contributed by atoms with Gasteiger partial charge in [-0.2, -0.15) is 0 Å². The molecule has 0 aliphatic heterocycles. The molecule has 2 rings (SSSR count). The van der Waals surface area contributed by atoms with Gasteiger partial charge in [0.2, 0.25) is 0 Å². The molecule has 0 saturated heterocycles. The first kappa shape index (κ1) is 14.5. The van der Waals surface area contributed by atoms with E-state index in [9.17, 15) is 4.79 Å². The third-order valence-corrected chi connectivity index (χ3v) is 3.68. The third-order valence-electron chi connectivity index (χ3n) is 3.68. The molecule has 106 valence electrons. The number of pyridine rings is 1. The van der Waals surface area contributed by atoms with Crippen LogP contribution in [0.2, 0.25) is 0 Å². The van der Waals surface area contributed by atoms with Gasteiger partial charge in [-0.25, -0.2) is 0 Å². The third kappa shape index (κ3) is 3.36. The predicted molar refractivity (Wildman–Crippen MR) is 82.9 cm³/mol. The Bertz CT molecular complexity index is 658. The van der Waals surface area contributed by atoms with E-state index < -0.39 is 0 Å². The Morgan fingerprint density at radius 3 is 2.65 bits per heavy atom. The van der Waals surface area contributed by atoms with E-state index in [0.717, 1.165) is 5.56 Å². The molecule has 3 nitrogen and oxygen atoms in total. The predicted octanol–water partition coefficient (Wildman–Crippen LogP) is 2.85. The van der Waals surface area contributed by atoms with Gasteiger partial charge < -0.3 is 9.88 Å². The van der Waals surface area contributed by atoms with Crippen molar-refractivity contribution in [2.45, 2.75) is 33.4 Å². The summed E-state index contributed by atoms with van der Waals surface area (Å²) in [6, 6.07) is 10.4. The highest BCUT2D eigenvalue weighted by Crippen LogP contribution is 2.19. The molecule has 0 radical (unpaired) electrons. The van der Waals surface area contributed by atoms with Crippen LogP contribution >= 0.6 is 0 Å². The van der Waals surface area contributed by atoms with Crippen LogP contribution in [0.25, 0.3) is 0 Å². The molecular formula is C17H22N2O. The molecule has 0 aliphatic carbocycles. The molecule has 0 amide bonds. The summed E-state index contributed by atoms with van der Waals surface area (Å²) in [7, 11) is 1.76. The number of hydrogen-bond acceptors (Lipinski definition) is 2. The van der Waals surface area contributed by atoms with Gasteiger partial charge in [0.05, 0.1) is 0 Å². The zero-order chi connectivity index (χ0) is 14.7. The SMILES string of the molecule is Cc1ccc(C)c(C(C)NCc2ccn(C)c(=O)c2)c1. The molecule has 0 spiro atoms. The Morgan fingerprint density at radius 2 is 1.95 bits per heavy atom. The molecule has 20 heavy (non-hydrogen) atoms. The van der Waals surface area contributed by atoms with Crippen LogP contribution in [0.15, 0.2) is 41.3 Å². The topological polar surface area (TPSA) is 34.0 Å². The van der Waals surface area contributed by atoms with Crippen LogP contribution in [0.4, 0.5) is 0 Å². The second-order valence-electron chi connectivity index (χ2n) is 5.45. The maximum Gasteiger partial charge on any atom is 0.250 e. The van der Waals surface area contributed by atoms with Gasteiger partial charge in [0.15, 0.2) is 0 Å². The minimum Gasteiger partial charge on any atom is -0.319 e. The highest BCUT2D eigenvalue weighted by molar-refractivity contribution is 5.32. The van der Waals surface area contributed by atoms with Crippen molar-refractivity contribution in [2.75, 3.05) is 0 Å². The van der Waals surface area contributed by atoms with Crippen LogP contribution in [-0.2, 0) is 13.6 Å². The van der Waals surface area contributed by atoms with Crippen LogP contribution in [-0.4, -0.2) is 4.57 Å². The van der Waals surface area contributed by atoms with Gasteiger partial charge in [0, 0.05) is 31.9 Å². The van der Waals surface area contributed by atoms with Gasteiger partial charge in [-0.05, 0) is 43.5 Å². The molecule has 1 aromatic carbocycles. The molecule has 1 heterocycles. The van der Waals surface area contributed by atoms with Crippen molar-refractivity contribution >= 4 is 0 Å². The van der Waals surface area contributed by atoms with Crippen molar-refractivity contribution in [3.05, 3.63) is 69.1 Å². The first-order valence-corrected chi connectivity index (χ1v) is 6.93. The van der Waals surface area contributed by atoms with Crippen LogP contribution in [0.3, 0.4) is 0 Å². The number of aryl methyl sites for hydroxylation is 3. The smallest absolute Gasteiger partial charge is 0.250 e. The monoisotopic (exact) mass is 270 g/mol. The summed E-state index contributed by atoms with van der Waals surface area (Å²) in [4.78, 5) is 11.6. The zero-order valence-electron chi connectivity index (χ0n) is 12.6. The van der Waals surface area contributed by atoms with Crippen molar-refractivity contribution in [3.8, 4) is 0 Å². The van der Waals surface area contributed by atoms with E-state index in [0.29, 0.717) is 6.54 Å². The van der Waals surface area contributed by atoms with Gasteiger partial charge >= 0.3 is 0 Å². The molecule has 0 aliphatic rings. The highest BCUT2D eigenvalue weighted by Gasteiger charge is 2.08. The minimum atomic E-state index is 0.0312. The van der Waals surface area contributed by atoms with Gasteiger partial charge in [-0.15, -0.1) is 0 Å². The van der Waals surface area contributed by atoms with Crippen LogP contribution in [0, 0.1) is 13.8 Å². The second-order valence-corrected chi connectivity index (χ2v) is 5.45. The summed E-state index contributed by atoms with van der Waals surface area (Å²) in [6.45, 7) is 7.09. The van der Waals surface area contributed by atoms with E-state index in [-0.39, 0.29) is 11.6 Å². The summed E-state index contributed by atoms with van der Waals surface area (Å²) in [5, 5.41) is 3.48. The molecule has 1 aromatic heterocycles. The molecule has 0 saturated carbocycles. The molecule has 3 heteroatoms. The summed E-state index contributed by atoms with van der Waals surface area (Å²) >= 11 is 0. The van der Waals surface area contributed by atoms with E-state index in [2.05, 4.69) is 44.3 Å². The lowest BCUT2D eigenvalue weighted by molar-refractivity contribution is 0.570. The van der Waals surface area contributed by atoms with Crippen LogP contribution < -0.4 is 10.9 Å². The molecule has 0 fully saturated rings. The fraction of sp³-hybridized carbons (Fsp3) is 0.353. The molecule has 1 N–H and O–H groups in total. The number of benzene rings is 1. The summed E-state index contributed by atoms with van der Waals surface area (Å²) in [5.74, 6) is 0. The number of hydrogen-bond donors (Lipinski definition) is 1. The van der Waals surface area contributed by atoms with Gasteiger partial charge in [0.25, 0.3) is 5.56 Å². The minimum absolute atomic E-state index is 0.0312. The average Bonchev–Trinajstić information content (AvgIpc) is 2.42. The Morgan fingerprint density at radius 1 is 1.20 bits per heavy atom.